The predicted molar refractivity (Wildman–Crippen MR) is 57.2 cm³/mol. The number of nitrogens with one attached hydrogen (secondary N) is 1. The Hall–Kier alpha value is -1.63. The molecule has 3 aliphatic heterocycles. The summed E-state index contributed by atoms with van der Waals surface area (Å²) in [5, 5.41) is 2.28. The molecule has 3 aliphatic rings. The van der Waals surface area contributed by atoms with E-state index in [1.54, 1.807) is 4.90 Å². The molecular weight excluding hydrogens is 240 g/mol. The van der Waals surface area contributed by atoms with Crippen molar-refractivity contribution in [2.45, 2.75) is 50.7 Å². The topological polar surface area (TPSA) is 84.9 Å². The van der Waals surface area contributed by atoms with Crippen molar-refractivity contribution in [3.05, 3.63) is 0 Å². The maximum atomic E-state index is 11.8. The molecule has 7 heteroatoms. The largest absolute Gasteiger partial charge is 0.460 e. The lowest BCUT2D eigenvalue weighted by molar-refractivity contribution is -0.155. The second-order valence-corrected chi connectivity index (χ2v) is 4.87. The van der Waals surface area contributed by atoms with E-state index in [1.807, 2.05) is 0 Å². The Bertz CT molecular complexity index is 424. The van der Waals surface area contributed by atoms with E-state index in [4.69, 9.17) is 9.47 Å². The van der Waals surface area contributed by atoms with Gasteiger partial charge in [-0.05, 0) is 6.42 Å². The van der Waals surface area contributed by atoms with Crippen LogP contribution in [-0.2, 0) is 19.1 Å². The number of esters is 1. The molecule has 0 unspecified atom stereocenters. The second-order valence-electron chi connectivity index (χ2n) is 4.87. The second kappa shape index (κ2) is 3.94. The number of fused-ring (bicyclic) bond motifs is 4. The highest BCUT2D eigenvalue weighted by atomic mass is 16.6. The van der Waals surface area contributed by atoms with Crippen LogP contribution in [0.2, 0.25) is 0 Å². The molecule has 3 rings (SSSR count). The summed E-state index contributed by atoms with van der Waals surface area (Å²) in [5.74, 6) is -0.610. The number of ether oxygens (including phenoxy) is 2. The lowest BCUT2D eigenvalue weighted by Crippen LogP contribution is -2.61. The minimum absolute atomic E-state index is 0.143. The van der Waals surface area contributed by atoms with Crippen molar-refractivity contribution < 1.29 is 23.9 Å². The van der Waals surface area contributed by atoms with Gasteiger partial charge in [-0.1, -0.05) is 0 Å². The fourth-order valence-corrected chi connectivity index (χ4v) is 2.96. The van der Waals surface area contributed by atoms with Crippen LogP contribution in [0.3, 0.4) is 0 Å². The molecule has 0 radical (unpaired) electrons. The zero-order valence-electron chi connectivity index (χ0n) is 9.92. The Kier molecular flexibility index (Phi) is 2.51. The van der Waals surface area contributed by atoms with Crippen LogP contribution < -0.4 is 5.32 Å². The Morgan fingerprint density at radius 2 is 2.22 bits per heavy atom. The zero-order valence-corrected chi connectivity index (χ0v) is 9.92. The Morgan fingerprint density at radius 3 is 2.94 bits per heavy atom. The summed E-state index contributed by atoms with van der Waals surface area (Å²) >= 11 is 0. The monoisotopic (exact) mass is 254 g/mol. The maximum absolute atomic E-state index is 11.8. The first-order chi connectivity index (χ1) is 8.54. The molecule has 3 fully saturated rings. The Balaban J connectivity index is 1.79. The summed E-state index contributed by atoms with van der Waals surface area (Å²) in [7, 11) is 0. The van der Waals surface area contributed by atoms with Gasteiger partial charge in [0.1, 0.15) is 12.3 Å². The number of imide groups is 1. The van der Waals surface area contributed by atoms with Crippen LogP contribution in [-0.4, -0.2) is 47.3 Å². The molecular formula is C11H14N2O5. The summed E-state index contributed by atoms with van der Waals surface area (Å²) in [4.78, 5) is 35.6. The van der Waals surface area contributed by atoms with E-state index in [0.717, 1.165) is 0 Å². The van der Waals surface area contributed by atoms with Gasteiger partial charge >= 0.3 is 12.0 Å². The van der Waals surface area contributed by atoms with Gasteiger partial charge in [-0.15, -0.1) is 0 Å². The number of hydrogen-bond acceptors (Lipinski definition) is 5. The van der Waals surface area contributed by atoms with Crippen molar-refractivity contribution in [2.24, 2.45) is 0 Å². The molecule has 3 heterocycles. The number of amides is 3. The van der Waals surface area contributed by atoms with E-state index in [9.17, 15) is 14.4 Å². The van der Waals surface area contributed by atoms with Crippen LogP contribution in [0, 0.1) is 0 Å². The average Bonchev–Trinajstić information content (AvgIpc) is 2.53. The van der Waals surface area contributed by atoms with Crippen LogP contribution in [0.25, 0.3) is 0 Å². The molecule has 0 aromatic heterocycles. The van der Waals surface area contributed by atoms with Gasteiger partial charge in [0.25, 0.3) is 0 Å². The van der Waals surface area contributed by atoms with Gasteiger partial charge in [-0.2, -0.15) is 0 Å². The molecule has 2 bridgehead atoms. The van der Waals surface area contributed by atoms with E-state index in [2.05, 4.69) is 5.32 Å². The first kappa shape index (κ1) is 11.5. The SMILES string of the molecule is CC(=O)O[C@H]1C[C@H]2O[C@@H]1C[C@@H]1CC(=O)NC(=O)N12. The summed E-state index contributed by atoms with van der Waals surface area (Å²) in [6.07, 6.45) is 0.372. The van der Waals surface area contributed by atoms with Crippen LogP contribution in [0.4, 0.5) is 4.79 Å². The molecule has 18 heavy (non-hydrogen) atoms. The highest BCUT2D eigenvalue weighted by Crippen LogP contribution is 2.37. The summed E-state index contributed by atoms with van der Waals surface area (Å²) in [6.45, 7) is 1.35. The maximum Gasteiger partial charge on any atom is 0.326 e. The van der Waals surface area contributed by atoms with Gasteiger partial charge in [-0.25, -0.2) is 4.79 Å². The minimum atomic E-state index is -0.414. The summed E-state index contributed by atoms with van der Waals surface area (Å²) in [6, 6.07) is -0.557. The first-order valence-corrected chi connectivity index (χ1v) is 5.99. The number of nitrogens with zero attached hydrogens (tertiary/aromatic N) is 1. The lowest BCUT2D eigenvalue weighted by Gasteiger charge is -2.42. The highest BCUT2D eigenvalue weighted by Gasteiger charge is 2.51. The minimum Gasteiger partial charge on any atom is -0.460 e. The van der Waals surface area contributed by atoms with Gasteiger partial charge in [0.2, 0.25) is 5.91 Å². The molecule has 1 N–H and O–H groups in total. The number of carbonyl (C=O) groups excluding carboxylic acids is 3. The smallest absolute Gasteiger partial charge is 0.326 e. The standard InChI is InChI=1S/C11H14N2O5/c1-5(14)17-8-4-10-13-6(2-7(8)18-10)3-9(15)12-11(13)16/h6-8,10H,2-4H2,1H3,(H,12,15,16)/t6-,7-,8+,10-/m1/s1. The number of urea groups is 1. The number of rotatable bonds is 1. The van der Waals surface area contributed by atoms with E-state index >= 15 is 0 Å². The molecule has 4 atom stereocenters. The number of carbonyl (C=O) groups is 3. The molecule has 0 aromatic carbocycles. The molecule has 0 saturated carbocycles. The third-order valence-electron chi connectivity index (χ3n) is 3.61. The number of hydrogen-bond donors (Lipinski definition) is 1. The van der Waals surface area contributed by atoms with Crippen molar-refractivity contribution in [3.63, 3.8) is 0 Å². The third-order valence-corrected chi connectivity index (χ3v) is 3.61. The van der Waals surface area contributed by atoms with E-state index < -0.39 is 12.3 Å². The Morgan fingerprint density at radius 1 is 1.44 bits per heavy atom. The van der Waals surface area contributed by atoms with E-state index in [-0.39, 0.29) is 36.5 Å². The van der Waals surface area contributed by atoms with Gasteiger partial charge in [0.15, 0.2) is 0 Å². The van der Waals surface area contributed by atoms with E-state index in [1.165, 1.54) is 6.92 Å². The van der Waals surface area contributed by atoms with Crippen molar-refractivity contribution in [2.75, 3.05) is 0 Å². The van der Waals surface area contributed by atoms with Gasteiger partial charge in [0, 0.05) is 25.8 Å². The molecule has 98 valence electrons. The fourth-order valence-electron chi connectivity index (χ4n) is 2.96. The fraction of sp³-hybridized carbons (Fsp3) is 0.727. The van der Waals surface area contributed by atoms with Gasteiger partial charge < -0.3 is 9.47 Å². The first-order valence-electron chi connectivity index (χ1n) is 5.99. The molecule has 0 aliphatic carbocycles. The van der Waals surface area contributed by atoms with Gasteiger partial charge in [0.05, 0.1) is 6.10 Å². The summed E-state index contributed by atoms with van der Waals surface area (Å²) < 4.78 is 10.8. The van der Waals surface area contributed by atoms with Crippen LogP contribution in [0.5, 0.6) is 0 Å². The Labute approximate surface area is 103 Å². The molecule has 7 nitrogen and oxygen atoms in total. The van der Waals surface area contributed by atoms with Crippen LogP contribution in [0.15, 0.2) is 0 Å². The van der Waals surface area contributed by atoms with Crippen molar-refractivity contribution in [1.29, 1.82) is 0 Å². The average molecular weight is 254 g/mol. The quantitative estimate of drug-likeness (QED) is 0.652. The molecule has 3 amide bonds. The third kappa shape index (κ3) is 1.74. The zero-order chi connectivity index (χ0) is 12.9. The highest BCUT2D eigenvalue weighted by molar-refractivity contribution is 5.97. The van der Waals surface area contributed by atoms with Crippen molar-refractivity contribution >= 4 is 17.9 Å². The summed E-state index contributed by atoms with van der Waals surface area (Å²) in [5.41, 5.74) is 0. The lowest BCUT2D eigenvalue weighted by atomic mass is 10.0. The van der Waals surface area contributed by atoms with Crippen LogP contribution >= 0.6 is 0 Å². The predicted octanol–water partition coefficient (Wildman–Crippen LogP) is -0.253. The molecule has 0 aromatic rings. The molecule has 0 spiro atoms. The van der Waals surface area contributed by atoms with Gasteiger partial charge in [-0.3, -0.25) is 19.8 Å². The normalized spacial score (nSPS) is 38.2. The van der Waals surface area contributed by atoms with Crippen molar-refractivity contribution in [3.8, 4) is 0 Å². The van der Waals surface area contributed by atoms with E-state index in [0.29, 0.717) is 12.8 Å². The van der Waals surface area contributed by atoms with Crippen LogP contribution in [0.1, 0.15) is 26.2 Å². The molecule has 3 saturated heterocycles. The van der Waals surface area contributed by atoms with Crippen molar-refractivity contribution in [1.82, 2.24) is 10.2 Å².